The van der Waals surface area contributed by atoms with Gasteiger partial charge in [0, 0.05) is 24.3 Å². The first-order valence-corrected chi connectivity index (χ1v) is 7.74. The molecular formula is C16H23N3O2. The molecule has 0 bridgehead atoms. The minimum Gasteiger partial charge on any atom is -0.484 e. The van der Waals surface area contributed by atoms with Crippen LogP contribution in [-0.4, -0.2) is 42.6 Å². The van der Waals surface area contributed by atoms with Gasteiger partial charge in [-0.05, 0) is 50.1 Å². The van der Waals surface area contributed by atoms with Gasteiger partial charge in [-0.2, -0.15) is 0 Å². The molecule has 1 aromatic carbocycles. The van der Waals surface area contributed by atoms with Crippen molar-refractivity contribution in [3.8, 4) is 5.75 Å². The molecule has 21 heavy (non-hydrogen) atoms. The van der Waals surface area contributed by atoms with Crippen LogP contribution in [0.4, 0.5) is 5.69 Å². The van der Waals surface area contributed by atoms with Crippen LogP contribution in [0.5, 0.6) is 5.75 Å². The number of nitrogens with zero attached hydrogens (tertiary/aromatic N) is 1. The van der Waals surface area contributed by atoms with Crippen molar-refractivity contribution in [2.24, 2.45) is 5.73 Å². The minimum absolute atomic E-state index is 0.0770. The summed E-state index contributed by atoms with van der Waals surface area (Å²) in [4.78, 5) is 13.3. The number of benzene rings is 1. The van der Waals surface area contributed by atoms with Crippen molar-refractivity contribution in [2.45, 2.75) is 37.8 Å². The van der Waals surface area contributed by atoms with Crippen LogP contribution in [0.3, 0.4) is 0 Å². The van der Waals surface area contributed by atoms with E-state index in [9.17, 15) is 4.79 Å². The Labute approximate surface area is 125 Å². The number of nitrogens with one attached hydrogen (secondary N) is 1. The molecular weight excluding hydrogens is 266 g/mol. The number of rotatable bonds is 5. The second kappa shape index (κ2) is 6.35. The molecule has 0 saturated carbocycles. The molecule has 0 spiro atoms. The summed E-state index contributed by atoms with van der Waals surface area (Å²) in [6.07, 6.45) is 5.20. The standard InChI is InChI=1S/C16H23N3O2/c17-16(20)11-21-13-6-4-12(5-7-13)18-14-8-10-19-9-2-1-3-15(14)19/h4-7,14-15,18H,1-3,8-11H2,(H2,17,20). The number of hydrogen-bond donors (Lipinski definition) is 2. The zero-order valence-electron chi connectivity index (χ0n) is 12.3. The number of hydrogen-bond acceptors (Lipinski definition) is 4. The Kier molecular flexibility index (Phi) is 4.29. The Morgan fingerprint density at radius 2 is 2.05 bits per heavy atom. The van der Waals surface area contributed by atoms with Gasteiger partial charge in [0.1, 0.15) is 5.75 Å². The Balaban J connectivity index is 1.56. The van der Waals surface area contributed by atoms with E-state index in [2.05, 4.69) is 10.2 Å². The first-order valence-electron chi connectivity index (χ1n) is 7.74. The lowest BCUT2D eigenvalue weighted by molar-refractivity contribution is -0.119. The van der Waals surface area contributed by atoms with Gasteiger partial charge in [0.05, 0.1) is 0 Å². The largest absolute Gasteiger partial charge is 0.484 e. The number of carbonyl (C=O) groups is 1. The SMILES string of the molecule is NC(=O)COc1ccc(NC2CCN3CCCCC23)cc1. The molecule has 3 rings (SSSR count). The number of nitrogens with two attached hydrogens (primary N) is 1. The molecule has 0 aromatic heterocycles. The van der Waals surface area contributed by atoms with Crippen LogP contribution in [0, 0.1) is 0 Å². The van der Waals surface area contributed by atoms with Gasteiger partial charge in [-0.15, -0.1) is 0 Å². The molecule has 5 nitrogen and oxygen atoms in total. The lowest BCUT2D eigenvalue weighted by Crippen LogP contribution is -2.41. The van der Waals surface area contributed by atoms with Crippen molar-refractivity contribution >= 4 is 11.6 Å². The van der Waals surface area contributed by atoms with E-state index in [1.54, 1.807) is 0 Å². The lowest BCUT2D eigenvalue weighted by atomic mass is 9.99. The Morgan fingerprint density at radius 3 is 2.81 bits per heavy atom. The van der Waals surface area contributed by atoms with Crippen molar-refractivity contribution in [2.75, 3.05) is 25.0 Å². The van der Waals surface area contributed by atoms with Crippen molar-refractivity contribution in [1.29, 1.82) is 0 Å². The van der Waals surface area contributed by atoms with Gasteiger partial charge in [-0.1, -0.05) is 6.42 Å². The van der Waals surface area contributed by atoms with E-state index in [-0.39, 0.29) is 6.61 Å². The molecule has 1 aromatic rings. The number of piperidine rings is 1. The lowest BCUT2D eigenvalue weighted by Gasteiger charge is -2.33. The van der Waals surface area contributed by atoms with Crippen molar-refractivity contribution in [3.05, 3.63) is 24.3 Å². The second-order valence-electron chi connectivity index (χ2n) is 5.92. The molecule has 2 heterocycles. The normalized spacial score (nSPS) is 25.3. The van der Waals surface area contributed by atoms with Crippen LogP contribution in [0.25, 0.3) is 0 Å². The molecule has 2 fully saturated rings. The van der Waals surface area contributed by atoms with Gasteiger partial charge in [-0.3, -0.25) is 9.69 Å². The number of amides is 1. The number of ether oxygens (including phenoxy) is 1. The van der Waals surface area contributed by atoms with Gasteiger partial charge in [0.15, 0.2) is 6.61 Å². The van der Waals surface area contributed by atoms with E-state index in [4.69, 9.17) is 10.5 Å². The number of carbonyl (C=O) groups excluding carboxylic acids is 1. The monoisotopic (exact) mass is 289 g/mol. The zero-order chi connectivity index (χ0) is 14.7. The quantitative estimate of drug-likeness (QED) is 0.864. The highest BCUT2D eigenvalue weighted by atomic mass is 16.5. The number of anilines is 1. The average Bonchev–Trinajstić information content (AvgIpc) is 2.90. The van der Waals surface area contributed by atoms with Crippen LogP contribution >= 0.6 is 0 Å². The van der Waals surface area contributed by atoms with Crippen LogP contribution in [0.2, 0.25) is 0 Å². The number of primary amides is 1. The summed E-state index contributed by atoms with van der Waals surface area (Å²) >= 11 is 0. The Morgan fingerprint density at radius 1 is 1.24 bits per heavy atom. The molecule has 2 unspecified atom stereocenters. The third-order valence-electron chi connectivity index (χ3n) is 4.44. The van der Waals surface area contributed by atoms with Gasteiger partial charge < -0.3 is 15.8 Å². The minimum atomic E-state index is -0.458. The van der Waals surface area contributed by atoms with E-state index >= 15 is 0 Å². The molecule has 5 heteroatoms. The fourth-order valence-electron chi connectivity index (χ4n) is 3.43. The summed E-state index contributed by atoms with van der Waals surface area (Å²) in [6.45, 7) is 2.39. The maximum Gasteiger partial charge on any atom is 0.255 e. The molecule has 114 valence electrons. The molecule has 0 aliphatic carbocycles. The highest BCUT2D eigenvalue weighted by Gasteiger charge is 2.35. The van der Waals surface area contributed by atoms with E-state index in [1.165, 1.54) is 38.8 Å². The fraction of sp³-hybridized carbons (Fsp3) is 0.562. The fourth-order valence-corrected chi connectivity index (χ4v) is 3.43. The summed E-state index contributed by atoms with van der Waals surface area (Å²) < 4.78 is 5.27. The highest BCUT2D eigenvalue weighted by molar-refractivity contribution is 5.75. The van der Waals surface area contributed by atoms with Gasteiger partial charge >= 0.3 is 0 Å². The van der Waals surface area contributed by atoms with Crippen molar-refractivity contribution < 1.29 is 9.53 Å². The molecule has 0 radical (unpaired) electrons. The van der Waals surface area contributed by atoms with Gasteiger partial charge in [0.25, 0.3) is 5.91 Å². The molecule has 2 atom stereocenters. The maximum absolute atomic E-state index is 10.7. The Hall–Kier alpha value is -1.75. The van der Waals surface area contributed by atoms with Crippen LogP contribution in [-0.2, 0) is 4.79 Å². The summed E-state index contributed by atoms with van der Waals surface area (Å²) in [5, 5.41) is 3.64. The predicted octanol–water partition coefficient (Wildman–Crippen LogP) is 1.59. The predicted molar refractivity (Wildman–Crippen MR) is 82.4 cm³/mol. The first-order chi connectivity index (χ1) is 10.2. The maximum atomic E-state index is 10.7. The third kappa shape index (κ3) is 3.47. The smallest absolute Gasteiger partial charge is 0.255 e. The Bertz CT molecular complexity index is 489. The molecule has 2 aliphatic rings. The second-order valence-corrected chi connectivity index (χ2v) is 5.92. The van der Waals surface area contributed by atoms with Crippen LogP contribution < -0.4 is 15.8 Å². The average molecular weight is 289 g/mol. The van der Waals surface area contributed by atoms with Crippen LogP contribution in [0.1, 0.15) is 25.7 Å². The topological polar surface area (TPSA) is 67.6 Å². The van der Waals surface area contributed by atoms with Gasteiger partial charge in [-0.25, -0.2) is 0 Å². The van der Waals surface area contributed by atoms with E-state index in [0.717, 1.165) is 5.69 Å². The number of fused-ring (bicyclic) bond motifs is 1. The van der Waals surface area contributed by atoms with E-state index in [1.807, 2.05) is 24.3 Å². The summed E-state index contributed by atoms with van der Waals surface area (Å²) in [6, 6.07) is 8.98. The molecule has 3 N–H and O–H groups in total. The van der Waals surface area contributed by atoms with Crippen molar-refractivity contribution in [1.82, 2.24) is 4.90 Å². The third-order valence-corrected chi connectivity index (χ3v) is 4.44. The van der Waals surface area contributed by atoms with E-state index in [0.29, 0.717) is 17.8 Å². The molecule has 2 aliphatic heterocycles. The zero-order valence-corrected chi connectivity index (χ0v) is 12.3. The summed E-state index contributed by atoms with van der Waals surface area (Å²) in [5.74, 6) is 0.214. The summed E-state index contributed by atoms with van der Waals surface area (Å²) in [5.41, 5.74) is 6.17. The summed E-state index contributed by atoms with van der Waals surface area (Å²) in [7, 11) is 0. The van der Waals surface area contributed by atoms with Gasteiger partial charge in [0.2, 0.25) is 0 Å². The molecule has 1 amide bonds. The van der Waals surface area contributed by atoms with Crippen molar-refractivity contribution in [3.63, 3.8) is 0 Å². The van der Waals surface area contributed by atoms with E-state index < -0.39 is 5.91 Å². The first kappa shape index (κ1) is 14.2. The highest BCUT2D eigenvalue weighted by Crippen LogP contribution is 2.29. The molecule has 2 saturated heterocycles. The van der Waals surface area contributed by atoms with Crippen LogP contribution in [0.15, 0.2) is 24.3 Å².